The van der Waals surface area contributed by atoms with Crippen LogP contribution in [0.2, 0.25) is 0 Å². The standard InChI is InChI=1S/C63H56N4O/c1-42-34-60(64-40-55(42)44-22-12-9-13-23-44)67-56-29-15-14-26-53(56)54-33-32-50(39-59(54)67)68-49-25-18-24-48(38-49)65-41-66(58-31-17-16-30-57(58)65)61-51(43-20-10-8-11-21-43)27-19-28-52(61)45-35-46(62(2,3)4)37-47(36-45)63(5,6)7/h8-40H,41H2,1-7H3/i1D3,8D,9D,10D,11D,12D,13D,20D,21D,22D,23D,34D,40D. The summed E-state index contributed by atoms with van der Waals surface area (Å²) in [6.07, 6.45) is -0.698. The fourth-order valence-electron chi connectivity index (χ4n) is 9.05. The molecule has 0 unspecified atom stereocenters. The van der Waals surface area contributed by atoms with Crippen LogP contribution >= 0.6 is 0 Å². The number of fused-ring (bicyclic) bond motifs is 4. The summed E-state index contributed by atoms with van der Waals surface area (Å²) in [6.45, 7) is 10.2. The van der Waals surface area contributed by atoms with E-state index in [1.165, 1.54) is 0 Å². The van der Waals surface area contributed by atoms with E-state index >= 15 is 0 Å². The van der Waals surface area contributed by atoms with Crippen molar-refractivity contribution in [2.45, 2.75) is 59.2 Å². The van der Waals surface area contributed by atoms with Gasteiger partial charge in [-0.05, 0) is 99.6 Å². The molecule has 10 aromatic rings. The topological polar surface area (TPSA) is 33.5 Å². The first-order valence-corrected chi connectivity index (χ1v) is 22.5. The van der Waals surface area contributed by atoms with E-state index in [2.05, 4.69) is 74.5 Å². The molecular weight excluding hydrogens is 829 g/mol. The van der Waals surface area contributed by atoms with Crippen LogP contribution in [0.4, 0.5) is 22.7 Å². The average Bonchev–Trinajstić information content (AvgIpc) is 2.63. The average molecular weight is 900 g/mol. The number of anilines is 4. The minimum absolute atomic E-state index is 0.0798. The molecule has 5 nitrogen and oxygen atoms in total. The van der Waals surface area contributed by atoms with E-state index in [0.29, 0.717) is 39.2 Å². The lowest BCUT2D eigenvalue weighted by atomic mass is 9.78. The van der Waals surface area contributed by atoms with Gasteiger partial charge >= 0.3 is 0 Å². The summed E-state index contributed by atoms with van der Waals surface area (Å²) in [5.74, 6) is 0.568. The van der Waals surface area contributed by atoms with Gasteiger partial charge in [0.15, 0.2) is 0 Å². The Bertz CT molecular complexity index is 4260. The Kier molecular flexibility index (Phi) is 7.15. The van der Waals surface area contributed by atoms with E-state index in [1.807, 2.05) is 78.9 Å². The van der Waals surface area contributed by atoms with Gasteiger partial charge in [-0.2, -0.15) is 0 Å². The fraction of sp³-hybridized carbons (Fsp3) is 0.159. The maximum absolute atomic E-state index is 9.52. The summed E-state index contributed by atoms with van der Waals surface area (Å²) in [7, 11) is 0. The van der Waals surface area contributed by atoms with E-state index in [-0.39, 0.29) is 41.0 Å². The second-order valence-electron chi connectivity index (χ2n) is 19.0. The van der Waals surface area contributed by atoms with Crippen LogP contribution in [0.15, 0.2) is 200 Å². The van der Waals surface area contributed by atoms with Crippen molar-refractivity contribution in [3.63, 3.8) is 0 Å². The van der Waals surface area contributed by atoms with Crippen molar-refractivity contribution in [3.05, 3.63) is 217 Å². The summed E-state index contributed by atoms with van der Waals surface area (Å²) in [4.78, 5) is 8.75. The quantitative estimate of drug-likeness (QED) is 0.152. The van der Waals surface area contributed by atoms with Gasteiger partial charge in [-0.15, -0.1) is 0 Å². The molecule has 8 aromatic carbocycles. The first-order chi connectivity index (χ1) is 39.1. The number of aromatic nitrogens is 2. The molecule has 0 N–H and O–H groups in total. The number of hydrogen-bond acceptors (Lipinski definition) is 4. The molecule has 0 atom stereocenters. The molecule has 0 amide bonds. The Labute approximate surface area is 421 Å². The summed E-state index contributed by atoms with van der Waals surface area (Å²) >= 11 is 0. The molecule has 0 radical (unpaired) electrons. The third-order valence-electron chi connectivity index (χ3n) is 12.5. The monoisotopic (exact) mass is 900 g/mol. The van der Waals surface area contributed by atoms with Crippen molar-refractivity contribution in [2.24, 2.45) is 0 Å². The van der Waals surface area contributed by atoms with Crippen LogP contribution in [0.1, 0.15) is 78.8 Å². The Morgan fingerprint density at radius 2 is 1.15 bits per heavy atom. The van der Waals surface area contributed by atoms with Gasteiger partial charge in [0.05, 0.1) is 44.5 Å². The summed E-state index contributed by atoms with van der Waals surface area (Å²) in [5, 5.41) is 1.41. The van der Waals surface area contributed by atoms with Gasteiger partial charge in [0.25, 0.3) is 0 Å². The van der Waals surface area contributed by atoms with Crippen molar-refractivity contribution < 1.29 is 25.3 Å². The van der Waals surface area contributed by atoms with Crippen molar-refractivity contribution in [2.75, 3.05) is 16.5 Å². The molecule has 1 aliphatic rings. The second kappa shape index (κ2) is 16.8. The largest absolute Gasteiger partial charge is 0.457 e. The Hall–Kier alpha value is -7.89. The van der Waals surface area contributed by atoms with Crippen LogP contribution in [0.3, 0.4) is 0 Å². The number of ether oxygens (including phenoxy) is 1. The number of pyridine rings is 1. The normalized spacial score (nSPS) is 16.1. The highest BCUT2D eigenvalue weighted by molar-refractivity contribution is 6.09. The molecule has 68 heavy (non-hydrogen) atoms. The Balaban J connectivity index is 1.03. The van der Waals surface area contributed by atoms with Gasteiger partial charge in [0.1, 0.15) is 24.0 Å². The van der Waals surface area contributed by atoms with Gasteiger partial charge in [0.2, 0.25) is 0 Å². The van der Waals surface area contributed by atoms with E-state index in [1.54, 1.807) is 34.9 Å². The maximum Gasteiger partial charge on any atom is 0.137 e. The predicted octanol–water partition coefficient (Wildman–Crippen LogP) is 17.1. The highest BCUT2D eigenvalue weighted by atomic mass is 16.5. The van der Waals surface area contributed by atoms with Gasteiger partial charge < -0.3 is 14.5 Å². The van der Waals surface area contributed by atoms with Gasteiger partial charge in [-0.3, -0.25) is 4.57 Å². The lowest BCUT2D eigenvalue weighted by Gasteiger charge is -2.29. The zero-order chi connectivity index (χ0) is 59.7. The van der Waals surface area contributed by atoms with E-state index < -0.39 is 84.1 Å². The molecule has 0 aliphatic carbocycles. The molecule has 0 spiro atoms. The zero-order valence-corrected chi connectivity index (χ0v) is 38.5. The van der Waals surface area contributed by atoms with E-state index in [0.717, 1.165) is 44.7 Å². The van der Waals surface area contributed by atoms with Crippen LogP contribution in [0, 0.1) is 6.85 Å². The molecule has 334 valence electrons. The Morgan fingerprint density at radius 3 is 1.84 bits per heavy atom. The second-order valence-corrected chi connectivity index (χ2v) is 19.0. The van der Waals surface area contributed by atoms with Crippen LogP contribution in [0.25, 0.3) is 61.0 Å². The van der Waals surface area contributed by atoms with Crippen molar-refractivity contribution in [1.82, 2.24) is 9.55 Å². The van der Waals surface area contributed by atoms with E-state index in [4.69, 9.17) is 19.8 Å². The molecule has 0 saturated carbocycles. The number of benzene rings is 8. The van der Waals surface area contributed by atoms with Crippen LogP contribution in [0.5, 0.6) is 11.5 Å². The Morgan fingerprint density at radius 1 is 0.544 bits per heavy atom. The first kappa shape index (κ1) is 29.0. The predicted molar refractivity (Wildman–Crippen MR) is 286 cm³/mol. The molecule has 1 aliphatic heterocycles. The van der Waals surface area contributed by atoms with Gasteiger partial charge in [-0.1, -0.05) is 175 Å². The molecule has 0 bridgehead atoms. The maximum atomic E-state index is 9.52. The van der Waals surface area contributed by atoms with Crippen LogP contribution < -0.4 is 14.5 Å². The fourth-order valence-corrected chi connectivity index (χ4v) is 9.05. The molecule has 3 heterocycles. The minimum Gasteiger partial charge on any atom is -0.457 e. The number of rotatable bonds is 8. The molecule has 11 rings (SSSR count). The van der Waals surface area contributed by atoms with Crippen molar-refractivity contribution in [1.29, 1.82) is 0 Å². The lowest BCUT2D eigenvalue weighted by molar-refractivity contribution is 0.483. The molecule has 5 heteroatoms. The molecule has 0 fully saturated rings. The third-order valence-corrected chi connectivity index (χ3v) is 12.5. The summed E-state index contributed by atoms with van der Waals surface area (Å²) in [5.41, 5.74) is 6.25. The third kappa shape index (κ3) is 7.78. The smallest absolute Gasteiger partial charge is 0.137 e. The number of nitrogens with zero attached hydrogens (tertiary/aromatic N) is 4. The number of hydrogen-bond donors (Lipinski definition) is 0. The highest BCUT2D eigenvalue weighted by Gasteiger charge is 2.32. The van der Waals surface area contributed by atoms with E-state index in [9.17, 15) is 5.48 Å². The summed E-state index contributed by atoms with van der Waals surface area (Å²) in [6, 6.07) is 34.2. The molecule has 0 saturated heterocycles. The molecular formula is C63H56N4O. The first-order valence-electron chi connectivity index (χ1n) is 30.0. The summed E-state index contributed by atoms with van der Waals surface area (Å²) < 4.78 is 139. The SMILES string of the molecule is [2H]c1nc(-n2c3ccccc3c3ccc(Oc4cccc(N5CN(c6c(-c7cc(C(C)(C)C)cc(C(C)(C)C)c7)cccc6-c6c([2H])c([2H])c([2H])c([2H])c6[2H])c6ccccc65)c4)cc32)c([2H])c(C([2H])([2H])[2H])c1-c1c([2H])c([2H])c([2H])c([2H])c1[2H]. The molecule has 2 aromatic heterocycles. The number of para-hydroxylation sites is 4. The van der Waals surface area contributed by atoms with Crippen molar-refractivity contribution >= 4 is 44.6 Å². The minimum atomic E-state index is -3.10. The van der Waals surface area contributed by atoms with Crippen LogP contribution in [-0.2, 0) is 10.8 Å². The van der Waals surface area contributed by atoms with Crippen molar-refractivity contribution in [3.8, 4) is 50.7 Å². The van der Waals surface area contributed by atoms with Gasteiger partial charge in [0, 0.05) is 55.6 Å². The lowest BCUT2D eigenvalue weighted by Crippen LogP contribution is -2.25. The van der Waals surface area contributed by atoms with Crippen LogP contribution in [-0.4, -0.2) is 16.2 Å². The highest BCUT2D eigenvalue weighted by Crippen LogP contribution is 2.51. The van der Waals surface area contributed by atoms with Gasteiger partial charge in [-0.25, -0.2) is 4.98 Å². The zero-order valence-electron chi connectivity index (χ0n) is 53.5.